The third kappa shape index (κ3) is 6.66. The highest BCUT2D eigenvalue weighted by Crippen LogP contribution is 2.44. The zero-order chi connectivity index (χ0) is 32.2. The van der Waals surface area contributed by atoms with Crippen LogP contribution < -0.4 is 0 Å². The molecule has 0 radical (unpaired) electrons. The van der Waals surface area contributed by atoms with Gasteiger partial charge in [-0.3, -0.25) is 3.97 Å². The molecular weight excluding hydrogens is 603 g/mol. The van der Waals surface area contributed by atoms with Crippen molar-refractivity contribution in [2.75, 3.05) is 7.11 Å². The fourth-order valence-electron chi connectivity index (χ4n) is 5.13. The van der Waals surface area contributed by atoms with E-state index in [4.69, 9.17) is 16.3 Å². The average Bonchev–Trinajstić information content (AvgIpc) is 3.33. The average molecular weight is 633 g/mol. The lowest BCUT2D eigenvalue weighted by atomic mass is 9.94. The van der Waals surface area contributed by atoms with Gasteiger partial charge in [-0.1, -0.05) is 72.3 Å². The molecular formula is C38H30ClFN2O2S. The highest BCUT2D eigenvalue weighted by atomic mass is 35.5. The van der Waals surface area contributed by atoms with Crippen molar-refractivity contribution in [3.63, 3.8) is 0 Å². The van der Waals surface area contributed by atoms with Crippen LogP contribution >= 0.6 is 23.5 Å². The molecule has 5 aromatic rings. The van der Waals surface area contributed by atoms with Crippen LogP contribution in [0.25, 0.3) is 33.2 Å². The van der Waals surface area contributed by atoms with E-state index in [9.17, 15) is 14.4 Å². The van der Waals surface area contributed by atoms with Gasteiger partial charge >= 0.3 is 5.97 Å². The number of esters is 1. The molecule has 0 aliphatic heterocycles. The summed E-state index contributed by atoms with van der Waals surface area (Å²) in [6.45, 7) is 10.1. The molecule has 0 fully saturated rings. The summed E-state index contributed by atoms with van der Waals surface area (Å²) in [6.07, 6.45) is 5.68. The van der Waals surface area contributed by atoms with Crippen LogP contribution in [0.3, 0.4) is 0 Å². The van der Waals surface area contributed by atoms with Crippen molar-refractivity contribution in [1.82, 2.24) is 3.97 Å². The van der Waals surface area contributed by atoms with E-state index in [-0.39, 0.29) is 5.82 Å². The van der Waals surface area contributed by atoms with Crippen LogP contribution in [0, 0.1) is 31.0 Å². The molecule has 1 heterocycles. The van der Waals surface area contributed by atoms with Crippen LogP contribution in [0.2, 0.25) is 5.02 Å². The molecule has 5 rings (SSSR count). The maximum Gasteiger partial charge on any atom is 0.337 e. The molecule has 0 aliphatic carbocycles. The standard InChI is InChI=1S/C38H30ClFN2O2S/c1-23-9-14-30(15-10-23)45-42-35-18-13-29(40)21-33(35)36(32-16-11-24(2)19-28(32)22-41)37(42)26(4)8-6-7-25(3)31-17-12-27(20-34(31)39)38(43)44-5/h6-21H,3H2,1-2,4-5H3/b7-6-,26-8+. The van der Waals surface area contributed by atoms with Gasteiger partial charge < -0.3 is 4.74 Å². The smallest absolute Gasteiger partial charge is 0.337 e. The van der Waals surface area contributed by atoms with Gasteiger partial charge in [-0.25, -0.2) is 9.18 Å². The lowest BCUT2D eigenvalue weighted by Crippen LogP contribution is -2.01. The van der Waals surface area contributed by atoms with Crippen LogP contribution in [0.15, 0.2) is 109 Å². The first kappa shape index (κ1) is 31.6. The Labute approximate surface area is 271 Å². The number of rotatable bonds is 8. The summed E-state index contributed by atoms with van der Waals surface area (Å²) in [6, 6.07) is 26.0. The molecule has 4 aromatic carbocycles. The topological polar surface area (TPSA) is 55.0 Å². The van der Waals surface area contributed by atoms with Crippen molar-refractivity contribution in [3.8, 4) is 17.2 Å². The summed E-state index contributed by atoms with van der Waals surface area (Å²) < 4.78 is 21.7. The third-order valence-corrected chi connectivity index (χ3v) is 8.78. The molecule has 4 nitrogen and oxygen atoms in total. The van der Waals surface area contributed by atoms with E-state index in [1.54, 1.807) is 24.3 Å². The molecule has 45 heavy (non-hydrogen) atoms. The maximum atomic E-state index is 14.8. The fourth-order valence-corrected chi connectivity index (χ4v) is 6.49. The minimum absolute atomic E-state index is 0.355. The summed E-state index contributed by atoms with van der Waals surface area (Å²) in [5.41, 5.74) is 8.41. The molecule has 0 amide bonds. The van der Waals surface area contributed by atoms with Crippen molar-refractivity contribution in [2.45, 2.75) is 25.7 Å². The quantitative estimate of drug-likeness (QED) is 0.126. The maximum absolute atomic E-state index is 14.8. The molecule has 0 aliphatic rings. The summed E-state index contributed by atoms with van der Waals surface area (Å²) in [7, 11) is 1.32. The zero-order valence-corrected chi connectivity index (χ0v) is 26.9. The number of halogens is 2. The van der Waals surface area contributed by atoms with Crippen LogP contribution in [-0.2, 0) is 4.74 Å². The summed E-state index contributed by atoms with van der Waals surface area (Å²) in [4.78, 5) is 12.9. The van der Waals surface area contributed by atoms with Crippen LogP contribution in [0.4, 0.5) is 4.39 Å². The molecule has 0 bridgehead atoms. The van der Waals surface area contributed by atoms with Gasteiger partial charge in [0.1, 0.15) is 5.82 Å². The van der Waals surface area contributed by atoms with E-state index < -0.39 is 5.97 Å². The van der Waals surface area contributed by atoms with Gasteiger partial charge in [0.2, 0.25) is 0 Å². The molecule has 0 N–H and O–H groups in total. The van der Waals surface area contributed by atoms with E-state index in [0.29, 0.717) is 32.7 Å². The van der Waals surface area contributed by atoms with Crippen LogP contribution in [0.1, 0.15) is 45.2 Å². The molecule has 0 spiro atoms. The Morgan fingerprint density at radius 1 is 1.02 bits per heavy atom. The number of aryl methyl sites for hydroxylation is 2. The Morgan fingerprint density at radius 3 is 2.44 bits per heavy atom. The second-order valence-electron chi connectivity index (χ2n) is 10.7. The Bertz CT molecular complexity index is 2070. The Kier molecular flexibility index (Phi) is 9.43. The number of ether oxygens (including phenoxy) is 1. The number of nitriles is 1. The zero-order valence-electron chi connectivity index (χ0n) is 25.3. The van der Waals surface area contributed by atoms with Gasteiger partial charge in [0, 0.05) is 26.4 Å². The van der Waals surface area contributed by atoms with E-state index in [0.717, 1.165) is 43.9 Å². The van der Waals surface area contributed by atoms with Gasteiger partial charge in [-0.05, 0) is 104 Å². The van der Waals surface area contributed by atoms with Gasteiger partial charge in [0.15, 0.2) is 0 Å². The lowest BCUT2D eigenvalue weighted by Gasteiger charge is -2.13. The van der Waals surface area contributed by atoms with Crippen molar-refractivity contribution in [2.24, 2.45) is 0 Å². The minimum atomic E-state index is -0.467. The predicted molar refractivity (Wildman–Crippen MR) is 184 cm³/mol. The predicted octanol–water partition coefficient (Wildman–Crippen LogP) is 10.6. The fraction of sp³-hybridized carbons (Fsp3) is 0.105. The largest absolute Gasteiger partial charge is 0.465 e. The Morgan fingerprint density at radius 2 is 1.76 bits per heavy atom. The van der Waals surface area contributed by atoms with E-state index in [1.807, 2.05) is 57.2 Å². The second kappa shape index (κ2) is 13.4. The summed E-state index contributed by atoms with van der Waals surface area (Å²) >= 11 is 8.01. The number of fused-ring (bicyclic) bond motifs is 1. The van der Waals surface area contributed by atoms with Crippen molar-refractivity contribution in [3.05, 3.63) is 148 Å². The first-order valence-electron chi connectivity index (χ1n) is 14.1. The van der Waals surface area contributed by atoms with Crippen molar-refractivity contribution < 1.29 is 13.9 Å². The SMILES string of the molecule is C=C(/C=C\C=C(/C)c1c(-c2ccc(C)cc2C#N)c2cc(F)ccc2n1Sc1ccc(C)cc1)c1ccc(C(=O)OC)cc1Cl. The normalized spacial score (nSPS) is 11.6. The van der Waals surface area contributed by atoms with E-state index in [1.165, 1.54) is 31.2 Å². The summed E-state index contributed by atoms with van der Waals surface area (Å²) in [5, 5.41) is 11.2. The Hall–Kier alpha value is -4.83. The van der Waals surface area contributed by atoms with Gasteiger partial charge in [-0.2, -0.15) is 5.26 Å². The molecule has 7 heteroatoms. The molecule has 0 unspecified atom stereocenters. The highest BCUT2D eigenvalue weighted by Gasteiger charge is 2.23. The Balaban J connectivity index is 1.66. The number of aromatic nitrogens is 1. The van der Waals surface area contributed by atoms with Gasteiger partial charge in [0.05, 0.1) is 35.5 Å². The second-order valence-corrected chi connectivity index (χ2v) is 12.1. The first-order valence-corrected chi connectivity index (χ1v) is 15.3. The highest BCUT2D eigenvalue weighted by molar-refractivity contribution is 7.98. The molecule has 0 saturated carbocycles. The van der Waals surface area contributed by atoms with E-state index in [2.05, 4.69) is 40.9 Å². The van der Waals surface area contributed by atoms with Gasteiger partial charge in [-0.15, -0.1) is 0 Å². The van der Waals surface area contributed by atoms with Crippen molar-refractivity contribution >= 4 is 51.6 Å². The number of nitrogens with zero attached hydrogens (tertiary/aromatic N) is 2. The molecule has 1 aromatic heterocycles. The number of benzene rings is 4. The molecule has 0 saturated heterocycles. The van der Waals surface area contributed by atoms with Gasteiger partial charge in [0.25, 0.3) is 0 Å². The summed E-state index contributed by atoms with van der Waals surface area (Å²) in [5.74, 6) is -0.822. The number of allylic oxidation sites excluding steroid dienone is 5. The monoisotopic (exact) mass is 632 g/mol. The number of methoxy groups -OCH3 is 1. The first-order chi connectivity index (χ1) is 21.6. The third-order valence-electron chi connectivity index (χ3n) is 7.42. The molecule has 224 valence electrons. The van der Waals surface area contributed by atoms with Crippen molar-refractivity contribution in [1.29, 1.82) is 5.26 Å². The number of hydrogen-bond acceptors (Lipinski definition) is 4. The van der Waals surface area contributed by atoms with Crippen LogP contribution in [0.5, 0.6) is 0 Å². The molecule has 0 atom stereocenters. The lowest BCUT2D eigenvalue weighted by molar-refractivity contribution is 0.0600. The van der Waals surface area contributed by atoms with Crippen LogP contribution in [-0.4, -0.2) is 17.1 Å². The number of carbonyl (C=O) groups excluding carboxylic acids is 1. The van der Waals surface area contributed by atoms with E-state index >= 15 is 0 Å². The minimum Gasteiger partial charge on any atom is -0.465 e. The number of carbonyl (C=O) groups is 1. The number of hydrogen-bond donors (Lipinski definition) is 0.